The number of alkyl halides is 1. The summed E-state index contributed by atoms with van der Waals surface area (Å²) in [5.41, 5.74) is 0. The summed E-state index contributed by atoms with van der Waals surface area (Å²) in [5, 5.41) is 4.86. The molecule has 2 rings (SSSR count). The number of rotatable bonds is 2. The highest BCUT2D eigenvalue weighted by Crippen LogP contribution is 2.26. The van der Waals surface area contributed by atoms with E-state index in [-0.39, 0.29) is 6.04 Å². The highest BCUT2D eigenvalue weighted by atomic mass is 35.5. The van der Waals surface area contributed by atoms with Crippen LogP contribution in [0.1, 0.15) is 19.3 Å². The third-order valence-corrected chi connectivity index (χ3v) is 3.22. The van der Waals surface area contributed by atoms with E-state index in [1.807, 2.05) is 5.38 Å². The molecule has 1 aromatic rings. The lowest BCUT2D eigenvalue weighted by molar-refractivity contribution is 0.323. The van der Waals surface area contributed by atoms with Crippen LogP contribution in [-0.4, -0.2) is 17.2 Å². The van der Waals surface area contributed by atoms with Crippen LogP contribution in [-0.2, 0) is 0 Å². The van der Waals surface area contributed by atoms with E-state index >= 15 is 0 Å². The zero-order chi connectivity index (χ0) is 9.26. The predicted octanol–water partition coefficient (Wildman–Crippen LogP) is 3.10. The average molecular weight is 221 g/mol. The van der Waals surface area contributed by atoms with Crippen molar-refractivity contribution < 1.29 is 4.39 Å². The molecule has 0 aliphatic heterocycles. The van der Waals surface area contributed by atoms with Gasteiger partial charge < -0.3 is 5.32 Å². The Balaban J connectivity index is 1.97. The first-order valence-corrected chi connectivity index (χ1v) is 5.53. The first-order valence-electron chi connectivity index (χ1n) is 4.27. The van der Waals surface area contributed by atoms with Crippen molar-refractivity contribution in [2.24, 2.45) is 0 Å². The third kappa shape index (κ3) is 2.11. The second-order valence-corrected chi connectivity index (χ2v) is 4.62. The lowest BCUT2D eigenvalue weighted by atomic mass is 10.2. The largest absolute Gasteiger partial charge is 0.364 e. The summed E-state index contributed by atoms with van der Waals surface area (Å²) in [6, 6.07) is -0.0711. The van der Waals surface area contributed by atoms with Crippen molar-refractivity contribution >= 4 is 28.8 Å². The van der Waals surface area contributed by atoms with Gasteiger partial charge in [0, 0.05) is 5.38 Å². The van der Waals surface area contributed by atoms with Crippen LogP contribution in [0.25, 0.3) is 0 Å². The number of nitrogens with zero attached hydrogens (tertiary/aromatic N) is 1. The Labute approximate surface area is 85.1 Å². The molecule has 2 nitrogen and oxygen atoms in total. The molecule has 2 atom stereocenters. The third-order valence-electron chi connectivity index (χ3n) is 2.24. The van der Waals surface area contributed by atoms with E-state index in [0.717, 1.165) is 12.8 Å². The van der Waals surface area contributed by atoms with Crippen LogP contribution in [0.2, 0.25) is 4.47 Å². The van der Waals surface area contributed by atoms with E-state index in [2.05, 4.69) is 10.3 Å². The van der Waals surface area contributed by atoms with Crippen LogP contribution in [0.5, 0.6) is 0 Å². The summed E-state index contributed by atoms with van der Waals surface area (Å²) < 4.78 is 13.7. The van der Waals surface area contributed by atoms with Gasteiger partial charge in [0.1, 0.15) is 12.0 Å². The minimum absolute atomic E-state index is 0.0711. The van der Waals surface area contributed by atoms with Gasteiger partial charge in [0.2, 0.25) is 0 Å². The molecule has 1 saturated carbocycles. The fourth-order valence-electron chi connectivity index (χ4n) is 1.59. The van der Waals surface area contributed by atoms with Crippen molar-refractivity contribution in [1.29, 1.82) is 0 Å². The molecule has 0 aromatic carbocycles. The molecule has 1 aliphatic rings. The summed E-state index contributed by atoms with van der Waals surface area (Å²) in [5.74, 6) is 0.699. The highest BCUT2D eigenvalue weighted by molar-refractivity contribution is 7.14. The van der Waals surface area contributed by atoms with Crippen molar-refractivity contribution in [3.05, 3.63) is 9.85 Å². The Bertz CT molecular complexity index is 291. The topological polar surface area (TPSA) is 24.9 Å². The molecule has 1 aromatic heterocycles. The van der Waals surface area contributed by atoms with E-state index in [0.29, 0.717) is 16.7 Å². The molecule has 0 spiro atoms. The SMILES string of the molecule is F[C@H]1CCC[C@H]1Nc1csc(Cl)n1. The van der Waals surface area contributed by atoms with Crippen molar-refractivity contribution in [3.8, 4) is 0 Å². The Kier molecular flexibility index (Phi) is 2.69. The first kappa shape index (κ1) is 9.21. The zero-order valence-corrected chi connectivity index (χ0v) is 8.54. The van der Waals surface area contributed by atoms with Gasteiger partial charge in [-0.3, -0.25) is 0 Å². The van der Waals surface area contributed by atoms with Gasteiger partial charge in [-0.15, -0.1) is 11.3 Å². The number of nitrogens with one attached hydrogen (secondary N) is 1. The second-order valence-electron chi connectivity index (χ2n) is 3.18. The second kappa shape index (κ2) is 3.80. The molecule has 1 N–H and O–H groups in total. The fourth-order valence-corrected chi connectivity index (χ4v) is 2.29. The van der Waals surface area contributed by atoms with E-state index in [1.54, 1.807) is 0 Å². The zero-order valence-electron chi connectivity index (χ0n) is 6.96. The standard InChI is InChI=1S/C8H10ClFN2S/c9-8-12-7(4-13-8)11-6-3-1-2-5(6)10/h4-6,11H,1-3H2/t5-,6+/m0/s1. The molecule has 1 heterocycles. The average Bonchev–Trinajstić information content (AvgIpc) is 2.64. The summed E-state index contributed by atoms with van der Waals surface area (Å²) >= 11 is 7.01. The fraction of sp³-hybridized carbons (Fsp3) is 0.625. The van der Waals surface area contributed by atoms with Crippen molar-refractivity contribution in [2.75, 3.05) is 5.32 Å². The molecule has 72 valence electrons. The molecule has 0 amide bonds. The maximum Gasteiger partial charge on any atom is 0.185 e. The lowest BCUT2D eigenvalue weighted by Gasteiger charge is -2.13. The van der Waals surface area contributed by atoms with E-state index in [9.17, 15) is 4.39 Å². The summed E-state index contributed by atoms with van der Waals surface area (Å²) in [4.78, 5) is 4.01. The van der Waals surface area contributed by atoms with Gasteiger partial charge in [0.15, 0.2) is 4.47 Å². The smallest absolute Gasteiger partial charge is 0.185 e. The van der Waals surface area contributed by atoms with Gasteiger partial charge in [-0.2, -0.15) is 0 Å². The number of aromatic nitrogens is 1. The summed E-state index contributed by atoms with van der Waals surface area (Å²) in [6.45, 7) is 0. The van der Waals surface area contributed by atoms with Gasteiger partial charge in [-0.1, -0.05) is 11.6 Å². The monoisotopic (exact) mass is 220 g/mol. The molecule has 0 unspecified atom stereocenters. The van der Waals surface area contributed by atoms with Crippen molar-refractivity contribution in [2.45, 2.75) is 31.5 Å². The Morgan fingerprint density at radius 2 is 2.46 bits per heavy atom. The van der Waals surface area contributed by atoms with Crippen LogP contribution in [0, 0.1) is 0 Å². The van der Waals surface area contributed by atoms with Crippen LogP contribution in [0.15, 0.2) is 5.38 Å². The summed E-state index contributed by atoms with van der Waals surface area (Å²) in [6.07, 6.45) is 1.77. The first-order chi connectivity index (χ1) is 6.25. The highest BCUT2D eigenvalue weighted by Gasteiger charge is 2.27. The van der Waals surface area contributed by atoms with Crippen LogP contribution < -0.4 is 5.32 Å². The van der Waals surface area contributed by atoms with Crippen LogP contribution >= 0.6 is 22.9 Å². The van der Waals surface area contributed by atoms with E-state index in [4.69, 9.17) is 11.6 Å². The van der Waals surface area contributed by atoms with Gasteiger partial charge >= 0.3 is 0 Å². The molecule has 13 heavy (non-hydrogen) atoms. The Morgan fingerprint density at radius 3 is 3.00 bits per heavy atom. The molecule has 0 radical (unpaired) electrons. The number of hydrogen-bond acceptors (Lipinski definition) is 3. The maximum absolute atomic E-state index is 13.2. The number of anilines is 1. The van der Waals surface area contributed by atoms with Gasteiger partial charge in [0.05, 0.1) is 6.04 Å². The maximum atomic E-state index is 13.2. The number of hydrogen-bond donors (Lipinski definition) is 1. The molecular weight excluding hydrogens is 211 g/mol. The quantitative estimate of drug-likeness (QED) is 0.829. The van der Waals surface area contributed by atoms with Crippen molar-refractivity contribution in [3.63, 3.8) is 0 Å². The molecule has 1 fully saturated rings. The Hall–Kier alpha value is -0.350. The normalized spacial score (nSPS) is 27.8. The molecule has 5 heteroatoms. The van der Waals surface area contributed by atoms with Crippen molar-refractivity contribution in [1.82, 2.24) is 4.98 Å². The number of thiazole rings is 1. The lowest BCUT2D eigenvalue weighted by Crippen LogP contribution is -2.24. The van der Waals surface area contributed by atoms with Crippen LogP contribution in [0.3, 0.4) is 0 Å². The van der Waals surface area contributed by atoms with E-state index in [1.165, 1.54) is 11.3 Å². The Morgan fingerprint density at radius 1 is 1.62 bits per heavy atom. The van der Waals surface area contributed by atoms with Gasteiger partial charge in [-0.25, -0.2) is 9.37 Å². The molecule has 0 bridgehead atoms. The summed E-state index contributed by atoms with van der Waals surface area (Å²) in [7, 11) is 0. The molecule has 1 aliphatic carbocycles. The van der Waals surface area contributed by atoms with Gasteiger partial charge in [0.25, 0.3) is 0 Å². The minimum atomic E-state index is -0.736. The number of halogens is 2. The van der Waals surface area contributed by atoms with E-state index < -0.39 is 6.17 Å². The molecule has 0 saturated heterocycles. The predicted molar refractivity (Wildman–Crippen MR) is 53.3 cm³/mol. The van der Waals surface area contributed by atoms with Crippen LogP contribution in [0.4, 0.5) is 10.2 Å². The van der Waals surface area contributed by atoms with Gasteiger partial charge in [-0.05, 0) is 19.3 Å². The minimum Gasteiger partial charge on any atom is -0.364 e. The molecular formula is C8H10ClFN2S.